The summed E-state index contributed by atoms with van der Waals surface area (Å²) in [7, 11) is 1.65. The molecule has 116 valence electrons. The van der Waals surface area contributed by atoms with Gasteiger partial charge in [0.1, 0.15) is 5.75 Å². The lowest BCUT2D eigenvalue weighted by atomic mass is 9.79. The van der Waals surface area contributed by atoms with E-state index in [1.165, 1.54) is 0 Å². The van der Waals surface area contributed by atoms with Crippen LogP contribution in [0.1, 0.15) is 42.0 Å². The van der Waals surface area contributed by atoms with Crippen LogP contribution in [-0.2, 0) is 6.42 Å². The molecule has 1 heterocycles. The lowest BCUT2D eigenvalue weighted by Gasteiger charge is -2.25. The number of Topliss-reactive ketones (excluding diaryl/α,β-unsaturated/α-hetero) is 1. The molecule has 1 aliphatic carbocycles. The SMILES string of the molecule is COc1cccc(-n2nc(C)c3c2CC(C(C)C)CC3=O)c1. The molecular formula is C18H22N2O2. The number of ketones is 1. The first-order valence-electron chi connectivity index (χ1n) is 7.77. The molecule has 0 fully saturated rings. The van der Waals surface area contributed by atoms with Crippen molar-refractivity contribution in [2.45, 2.75) is 33.6 Å². The van der Waals surface area contributed by atoms with Crippen LogP contribution < -0.4 is 4.74 Å². The van der Waals surface area contributed by atoms with Gasteiger partial charge < -0.3 is 4.74 Å². The number of nitrogens with zero attached hydrogens (tertiary/aromatic N) is 2. The van der Waals surface area contributed by atoms with Crippen molar-refractivity contribution in [2.75, 3.05) is 7.11 Å². The van der Waals surface area contributed by atoms with Gasteiger partial charge in [-0.2, -0.15) is 5.10 Å². The molecule has 2 aromatic rings. The van der Waals surface area contributed by atoms with E-state index in [1.807, 2.05) is 35.9 Å². The molecule has 1 aromatic carbocycles. The summed E-state index contributed by atoms with van der Waals surface area (Å²) in [6, 6.07) is 7.81. The fourth-order valence-corrected chi connectivity index (χ4v) is 3.21. The average Bonchev–Trinajstić information content (AvgIpc) is 2.84. The highest BCUT2D eigenvalue weighted by atomic mass is 16.5. The Kier molecular flexibility index (Phi) is 3.77. The molecule has 0 saturated carbocycles. The number of aromatic nitrogens is 2. The van der Waals surface area contributed by atoms with Crippen molar-refractivity contribution in [1.29, 1.82) is 0 Å². The molecule has 0 saturated heterocycles. The maximum atomic E-state index is 12.5. The molecule has 4 nitrogen and oxygen atoms in total. The van der Waals surface area contributed by atoms with E-state index in [1.54, 1.807) is 7.11 Å². The summed E-state index contributed by atoms with van der Waals surface area (Å²) in [5, 5.41) is 4.62. The molecule has 4 heteroatoms. The predicted molar refractivity (Wildman–Crippen MR) is 85.8 cm³/mol. The van der Waals surface area contributed by atoms with Crippen molar-refractivity contribution in [1.82, 2.24) is 9.78 Å². The molecule has 0 aliphatic heterocycles. The number of fused-ring (bicyclic) bond motifs is 1. The van der Waals surface area contributed by atoms with Crippen LogP contribution in [-0.4, -0.2) is 22.7 Å². The van der Waals surface area contributed by atoms with Gasteiger partial charge in [-0.05, 0) is 37.3 Å². The highest BCUT2D eigenvalue weighted by Gasteiger charge is 2.32. The van der Waals surface area contributed by atoms with Gasteiger partial charge in [-0.3, -0.25) is 4.79 Å². The van der Waals surface area contributed by atoms with Gasteiger partial charge in [-0.15, -0.1) is 0 Å². The summed E-state index contributed by atoms with van der Waals surface area (Å²) in [6.07, 6.45) is 1.53. The highest BCUT2D eigenvalue weighted by molar-refractivity contribution is 5.99. The number of rotatable bonds is 3. The number of benzene rings is 1. The van der Waals surface area contributed by atoms with Crippen molar-refractivity contribution in [3.8, 4) is 11.4 Å². The second-order valence-corrected chi connectivity index (χ2v) is 6.36. The average molecular weight is 298 g/mol. The second-order valence-electron chi connectivity index (χ2n) is 6.36. The zero-order chi connectivity index (χ0) is 15.9. The topological polar surface area (TPSA) is 44.1 Å². The Morgan fingerprint density at radius 2 is 2.09 bits per heavy atom. The summed E-state index contributed by atoms with van der Waals surface area (Å²) < 4.78 is 7.22. The van der Waals surface area contributed by atoms with Gasteiger partial charge in [0.15, 0.2) is 5.78 Å². The number of hydrogen-bond acceptors (Lipinski definition) is 3. The molecule has 0 N–H and O–H groups in total. The minimum atomic E-state index is 0.228. The van der Waals surface area contributed by atoms with Gasteiger partial charge in [-0.1, -0.05) is 19.9 Å². The monoisotopic (exact) mass is 298 g/mol. The molecule has 1 unspecified atom stereocenters. The molecule has 3 rings (SSSR count). The number of aryl methyl sites for hydroxylation is 1. The van der Waals surface area contributed by atoms with E-state index in [0.29, 0.717) is 18.3 Å². The Labute approximate surface area is 131 Å². The Morgan fingerprint density at radius 3 is 2.77 bits per heavy atom. The van der Waals surface area contributed by atoms with Crippen LogP contribution in [0, 0.1) is 18.8 Å². The third-order valence-electron chi connectivity index (χ3n) is 4.58. The second kappa shape index (κ2) is 5.59. The van der Waals surface area contributed by atoms with Crippen molar-refractivity contribution < 1.29 is 9.53 Å². The number of ether oxygens (including phenoxy) is 1. The minimum absolute atomic E-state index is 0.228. The Bertz CT molecular complexity index is 716. The van der Waals surface area contributed by atoms with Crippen LogP contribution in [0.2, 0.25) is 0 Å². The van der Waals surface area contributed by atoms with Crippen molar-refractivity contribution in [3.63, 3.8) is 0 Å². The van der Waals surface area contributed by atoms with E-state index in [-0.39, 0.29) is 5.78 Å². The zero-order valence-corrected chi connectivity index (χ0v) is 13.6. The smallest absolute Gasteiger partial charge is 0.166 e. The molecule has 0 radical (unpaired) electrons. The molecular weight excluding hydrogens is 276 g/mol. The fourth-order valence-electron chi connectivity index (χ4n) is 3.21. The van der Waals surface area contributed by atoms with Gasteiger partial charge in [0.05, 0.1) is 29.7 Å². The summed E-state index contributed by atoms with van der Waals surface area (Å²) in [4.78, 5) is 12.5. The van der Waals surface area contributed by atoms with E-state index in [2.05, 4.69) is 18.9 Å². The summed E-state index contributed by atoms with van der Waals surface area (Å²) >= 11 is 0. The Morgan fingerprint density at radius 1 is 1.32 bits per heavy atom. The number of hydrogen-bond donors (Lipinski definition) is 0. The minimum Gasteiger partial charge on any atom is -0.497 e. The van der Waals surface area contributed by atoms with E-state index in [9.17, 15) is 4.79 Å². The van der Waals surface area contributed by atoms with E-state index in [4.69, 9.17) is 4.74 Å². The van der Waals surface area contributed by atoms with Gasteiger partial charge >= 0.3 is 0 Å². The van der Waals surface area contributed by atoms with Crippen LogP contribution in [0.25, 0.3) is 5.69 Å². The predicted octanol–water partition coefficient (Wildman–Crippen LogP) is 3.59. The van der Waals surface area contributed by atoms with Crippen LogP contribution in [0.4, 0.5) is 0 Å². The van der Waals surface area contributed by atoms with Crippen molar-refractivity contribution >= 4 is 5.78 Å². The quantitative estimate of drug-likeness (QED) is 0.869. The van der Waals surface area contributed by atoms with E-state index in [0.717, 1.165) is 34.8 Å². The van der Waals surface area contributed by atoms with Gasteiger partial charge in [0.2, 0.25) is 0 Å². The zero-order valence-electron chi connectivity index (χ0n) is 13.6. The molecule has 1 aliphatic rings. The Balaban J connectivity index is 2.11. The lowest BCUT2D eigenvalue weighted by molar-refractivity contribution is 0.0931. The normalized spacial score (nSPS) is 17.7. The molecule has 0 spiro atoms. The molecule has 0 bridgehead atoms. The third-order valence-corrected chi connectivity index (χ3v) is 4.58. The maximum Gasteiger partial charge on any atom is 0.166 e. The summed E-state index contributed by atoms with van der Waals surface area (Å²) in [5.41, 5.74) is 3.63. The molecule has 22 heavy (non-hydrogen) atoms. The number of carbonyl (C=O) groups is 1. The number of methoxy groups -OCH3 is 1. The Hall–Kier alpha value is -2.10. The highest BCUT2D eigenvalue weighted by Crippen LogP contribution is 2.33. The van der Waals surface area contributed by atoms with Crippen LogP contribution in [0.3, 0.4) is 0 Å². The summed E-state index contributed by atoms with van der Waals surface area (Å²) in [6.45, 7) is 6.28. The first-order chi connectivity index (χ1) is 10.5. The lowest BCUT2D eigenvalue weighted by Crippen LogP contribution is -2.25. The first-order valence-corrected chi connectivity index (χ1v) is 7.77. The van der Waals surface area contributed by atoms with E-state index < -0.39 is 0 Å². The molecule has 1 aromatic heterocycles. The molecule has 1 atom stereocenters. The standard InChI is InChI=1S/C18H22N2O2/c1-11(2)13-8-16-18(17(21)9-13)12(3)19-20(16)14-6-5-7-15(10-14)22-4/h5-7,10-11,13H,8-9H2,1-4H3. The van der Waals surface area contributed by atoms with Gasteiger partial charge in [0.25, 0.3) is 0 Å². The first kappa shape index (κ1) is 14.8. The van der Waals surface area contributed by atoms with Gasteiger partial charge in [-0.25, -0.2) is 4.68 Å². The van der Waals surface area contributed by atoms with Crippen molar-refractivity contribution in [2.24, 2.45) is 11.8 Å². The summed E-state index contributed by atoms with van der Waals surface area (Å²) in [5.74, 6) is 1.90. The van der Waals surface area contributed by atoms with E-state index >= 15 is 0 Å². The maximum absolute atomic E-state index is 12.5. The van der Waals surface area contributed by atoms with Crippen LogP contribution in [0.5, 0.6) is 5.75 Å². The third kappa shape index (κ3) is 2.43. The fraction of sp³-hybridized carbons (Fsp3) is 0.444. The van der Waals surface area contributed by atoms with Gasteiger partial charge in [0, 0.05) is 12.5 Å². The van der Waals surface area contributed by atoms with Crippen LogP contribution in [0.15, 0.2) is 24.3 Å². The molecule has 0 amide bonds. The van der Waals surface area contributed by atoms with Crippen LogP contribution >= 0.6 is 0 Å². The van der Waals surface area contributed by atoms with Crippen molar-refractivity contribution in [3.05, 3.63) is 41.2 Å². The largest absolute Gasteiger partial charge is 0.497 e. The number of carbonyl (C=O) groups excluding carboxylic acids is 1.